The van der Waals surface area contributed by atoms with Crippen molar-refractivity contribution in [2.45, 2.75) is 65.5 Å². The van der Waals surface area contributed by atoms with Crippen LogP contribution in [0, 0.1) is 18.3 Å². The molecule has 3 nitrogen and oxygen atoms in total. The van der Waals surface area contributed by atoms with Gasteiger partial charge in [-0.2, -0.15) is 5.10 Å². The maximum absolute atomic E-state index is 10.2. The van der Waals surface area contributed by atoms with Gasteiger partial charge in [-0.1, -0.05) is 27.2 Å². The molecule has 1 saturated carbocycles. The number of aliphatic hydroxyl groups is 1. The molecule has 0 saturated heterocycles. The highest BCUT2D eigenvalue weighted by molar-refractivity contribution is 4.98. The van der Waals surface area contributed by atoms with Crippen molar-refractivity contribution >= 4 is 0 Å². The minimum Gasteiger partial charge on any atom is -0.391 e. The van der Waals surface area contributed by atoms with E-state index in [1.54, 1.807) is 0 Å². The van der Waals surface area contributed by atoms with Gasteiger partial charge in [-0.3, -0.25) is 4.68 Å². The Bertz CT molecular complexity index is 397. The summed E-state index contributed by atoms with van der Waals surface area (Å²) in [6.45, 7) is 8.96. The number of aliphatic hydroxyl groups excluding tert-OH is 1. The first kappa shape index (κ1) is 13.6. The molecule has 1 fully saturated rings. The lowest BCUT2D eigenvalue weighted by atomic mass is 9.68. The molecule has 0 bridgehead atoms. The van der Waals surface area contributed by atoms with E-state index >= 15 is 0 Å². The largest absolute Gasteiger partial charge is 0.391 e. The Hall–Kier alpha value is -0.830. The van der Waals surface area contributed by atoms with Crippen LogP contribution in [0.5, 0.6) is 0 Å². The Morgan fingerprint density at radius 1 is 1.44 bits per heavy atom. The maximum Gasteiger partial charge on any atom is 0.0781 e. The number of rotatable bonds is 3. The molecule has 3 heteroatoms. The van der Waals surface area contributed by atoms with Gasteiger partial charge in [0.25, 0.3) is 0 Å². The highest BCUT2D eigenvalue weighted by Crippen LogP contribution is 2.43. The van der Waals surface area contributed by atoms with Crippen LogP contribution >= 0.6 is 0 Å². The minimum absolute atomic E-state index is 0.156. The number of nitrogens with zero attached hydrogens (tertiary/aromatic N) is 2. The summed E-state index contributed by atoms with van der Waals surface area (Å²) in [6.07, 6.45) is 6.04. The molecule has 0 spiro atoms. The third-order valence-electron chi connectivity index (χ3n) is 4.88. The molecule has 1 aromatic rings. The van der Waals surface area contributed by atoms with Gasteiger partial charge in [-0.15, -0.1) is 0 Å². The topological polar surface area (TPSA) is 38.0 Å². The van der Waals surface area contributed by atoms with E-state index < -0.39 is 0 Å². The summed E-state index contributed by atoms with van der Waals surface area (Å²) < 4.78 is 1.97. The smallest absolute Gasteiger partial charge is 0.0781 e. The van der Waals surface area contributed by atoms with Gasteiger partial charge in [-0.05, 0) is 43.6 Å². The third kappa shape index (κ3) is 2.61. The van der Waals surface area contributed by atoms with E-state index in [1.165, 1.54) is 6.42 Å². The van der Waals surface area contributed by atoms with Crippen LogP contribution in [0.3, 0.4) is 0 Å². The zero-order valence-corrected chi connectivity index (χ0v) is 12.1. The molecule has 3 unspecified atom stereocenters. The monoisotopic (exact) mass is 250 g/mol. The van der Waals surface area contributed by atoms with Crippen molar-refractivity contribution in [1.82, 2.24) is 9.78 Å². The summed E-state index contributed by atoms with van der Waals surface area (Å²) in [5, 5.41) is 14.7. The van der Waals surface area contributed by atoms with Crippen LogP contribution < -0.4 is 0 Å². The molecule has 18 heavy (non-hydrogen) atoms. The normalized spacial score (nSPS) is 29.5. The van der Waals surface area contributed by atoms with E-state index in [-0.39, 0.29) is 12.1 Å². The molecule has 1 aromatic heterocycles. The zero-order chi connectivity index (χ0) is 13.3. The van der Waals surface area contributed by atoms with Crippen molar-refractivity contribution in [3.63, 3.8) is 0 Å². The summed E-state index contributed by atoms with van der Waals surface area (Å²) in [7, 11) is 0. The van der Waals surface area contributed by atoms with E-state index in [9.17, 15) is 5.11 Å². The van der Waals surface area contributed by atoms with E-state index in [1.807, 2.05) is 23.9 Å². The number of hydrogen-bond acceptors (Lipinski definition) is 2. The minimum atomic E-state index is -0.242. The van der Waals surface area contributed by atoms with Crippen molar-refractivity contribution in [2.24, 2.45) is 11.3 Å². The van der Waals surface area contributed by atoms with E-state index in [0.717, 1.165) is 25.0 Å². The molecule has 0 amide bonds. The molecular formula is C15H26N2O. The van der Waals surface area contributed by atoms with Crippen molar-refractivity contribution in [1.29, 1.82) is 0 Å². The summed E-state index contributed by atoms with van der Waals surface area (Å²) in [5.41, 5.74) is 1.39. The predicted octanol–water partition coefficient (Wildman–Crippen LogP) is 3.33. The fourth-order valence-electron chi connectivity index (χ4n) is 3.03. The van der Waals surface area contributed by atoms with Gasteiger partial charge in [0.1, 0.15) is 0 Å². The summed E-state index contributed by atoms with van der Waals surface area (Å²) in [4.78, 5) is 0. The lowest BCUT2D eigenvalue weighted by Crippen LogP contribution is -2.37. The molecule has 0 radical (unpaired) electrons. The average Bonchev–Trinajstić information content (AvgIpc) is 2.76. The van der Waals surface area contributed by atoms with Crippen molar-refractivity contribution in [3.8, 4) is 0 Å². The van der Waals surface area contributed by atoms with Gasteiger partial charge in [0.2, 0.25) is 0 Å². The average molecular weight is 250 g/mol. The highest BCUT2D eigenvalue weighted by Gasteiger charge is 2.37. The number of aromatic nitrogens is 2. The van der Waals surface area contributed by atoms with Gasteiger partial charge < -0.3 is 5.11 Å². The van der Waals surface area contributed by atoms with Crippen molar-refractivity contribution in [3.05, 3.63) is 18.0 Å². The second-order valence-electron chi connectivity index (χ2n) is 6.42. The van der Waals surface area contributed by atoms with Crippen LogP contribution in [-0.4, -0.2) is 21.0 Å². The lowest BCUT2D eigenvalue weighted by Gasteiger charge is -2.41. The van der Waals surface area contributed by atoms with E-state index in [2.05, 4.69) is 25.9 Å². The SMILES string of the molecule is CCC(C)(C)C1CCC(O)C(n2ccc(C)n2)C1. The Labute approximate surface area is 110 Å². The third-order valence-corrected chi connectivity index (χ3v) is 4.88. The Morgan fingerprint density at radius 3 is 2.72 bits per heavy atom. The molecule has 1 heterocycles. The van der Waals surface area contributed by atoms with Gasteiger partial charge in [0.05, 0.1) is 17.8 Å². The van der Waals surface area contributed by atoms with E-state index in [0.29, 0.717) is 11.3 Å². The molecule has 1 aliphatic rings. The molecule has 1 N–H and O–H groups in total. The van der Waals surface area contributed by atoms with Crippen molar-refractivity contribution < 1.29 is 5.11 Å². The zero-order valence-electron chi connectivity index (χ0n) is 12.1. The summed E-state index contributed by atoms with van der Waals surface area (Å²) >= 11 is 0. The summed E-state index contributed by atoms with van der Waals surface area (Å²) in [6, 6.07) is 2.17. The molecule has 2 rings (SSSR count). The van der Waals surface area contributed by atoms with Gasteiger partial charge in [0, 0.05) is 6.20 Å². The number of hydrogen-bond donors (Lipinski definition) is 1. The van der Waals surface area contributed by atoms with Gasteiger partial charge in [-0.25, -0.2) is 0 Å². The summed E-state index contributed by atoms with van der Waals surface area (Å²) in [5.74, 6) is 0.681. The van der Waals surface area contributed by atoms with Crippen LogP contribution in [0.1, 0.15) is 58.2 Å². The first-order chi connectivity index (χ1) is 8.44. The Balaban J connectivity index is 2.15. The van der Waals surface area contributed by atoms with Gasteiger partial charge >= 0.3 is 0 Å². The van der Waals surface area contributed by atoms with Crippen LogP contribution in [0.4, 0.5) is 0 Å². The second kappa shape index (κ2) is 5.04. The quantitative estimate of drug-likeness (QED) is 0.893. The molecule has 102 valence electrons. The lowest BCUT2D eigenvalue weighted by molar-refractivity contribution is 0.0147. The predicted molar refractivity (Wildman–Crippen MR) is 73.4 cm³/mol. The number of aryl methyl sites for hydroxylation is 1. The van der Waals surface area contributed by atoms with Crippen LogP contribution in [0.25, 0.3) is 0 Å². The van der Waals surface area contributed by atoms with E-state index in [4.69, 9.17) is 0 Å². The Morgan fingerprint density at radius 2 is 2.17 bits per heavy atom. The van der Waals surface area contributed by atoms with Crippen LogP contribution in [0.15, 0.2) is 12.3 Å². The molecule has 3 atom stereocenters. The highest BCUT2D eigenvalue weighted by atomic mass is 16.3. The first-order valence-electron chi connectivity index (χ1n) is 7.14. The van der Waals surface area contributed by atoms with Gasteiger partial charge in [0.15, 0.2) is 0 Å². The molecule has 0 aliphatic heterocycles. The first-order valence-corrected chi connectivity index (χ1v) is 7.14. The molecule has 0 aromatic carbocycles. The van der Waals surface area contributed by atoms with Crippen LogP contribution in [0.2, 0.25) is 0 Å². The molecular weight excluding hydrogens is 224 g/mol. The van der Waals surface area contributed by atoms with Crippen LogP contribution in [-0.2, 0) is 0 Å². The fourth-order valence-corrected chi connectivity index (χ4v) is 3.03. The van der Waals surface area contributed by atoms with Crippen molar-refractivity contribution in [2.75, 3.05) is 0 Å². The standard InChI is InChI=1S/C15H26N2O/c1-5-15(3,4)12-6-7-14(18)13(10-12)17-9-8-11(2)16-17/h8-9,12-14,18H,5-7,10H2,1-4H3. The fraction of sp³-hybridized carbons (Fsp3) is 0.800. The maximum atomic E-state index is 10.2. The Kier molecular flexibility index (Phi) is 3.81. The molecule has 1 aliphatic carbocycles. The second-order valence-corrected chi connectivity index (χ2v) is 6.42.